The average Bonchev–Trinajstić information content (AvgIpc) is 3.56. The quantitative estimate of drug-likeness (QED) is 0.182. The molecule has 7 aromatic carbocycles. The largest absolute Gasteiger partial charge is 0.485 e. The molecule has 10 rings (SSSR count). The third kappa shape index (κ3) is 4.60. The molecular formula is C47H31NO. The Morgan fingerprint density at radius 3 is 1.94 bits per heavy atom. The van der Waals surface area contributed by atoms with Gasteiger partial charge in [0.05, 0.1) is 11.4 Å². The number of allylic oxidation sites excluding steroid dienone is 2. The van der Waals surface area contributed by atoms with Crippen LogP contribution in [0.5, 0.6) is 5.75 Å². The predicted octanol–water partition coefficient (Wildman–Crippen LogP) is 12.0. The Kier molecular flexibility index (Phi) is 6.35. The molecule has 49 heavy (non-hydrogen) atoms. The lowest BCUT2D eigenvalue weighted by atomic mass is 9.84. The summed E-state index contributed by atoms with van der Waals surface area (Å²) in [6.07, 6.45) is 6.92. The van der Waals surface area contributed by atoms with Crippen LogP contribution in [-0.2, 0) is 0 Å². The summed E-state index contributed by atoms with van der Waals surface area (Å²) in [6.45, 7) is 0. The van der Waals surface area contributed by atoms with E-state index in [1.807, 2.05) is 0 Å². The van der Waals surface area contributed by atoms with Crippen molar-refractivity contribution in [3.05, 3.63) is 187 Å². The lowest BCUT2D eigenvalue weighted by Gasteiger charge is -2.21. The minimum absolute atomic E-state index is 0.0173. The highest BCUT2D eigenvalue weighted by Crippen LogP contribution is 2.46. The summed E-state index contributed by atoms with van der Waals surface area (Å²) in [5.74, 6) is 1.22. The van der Waals surface area contributed by atoms with Crippen molar-refractivity contribution in [2.75, 3.05) is 0 Å². The Bertz CT molecular complexity index is 2580. The highest BCUT2D eigenvalue weighted by molar-refractivity contribution is 6.28. The zero-order valence-corrected chi connectivity index (χ0v) is 26.8. The third-order valence-corrected chi connectivity index (χ3v) is 10.2. The highest BCUT2D eigenvalue weighted by Gasteiger charge is 2.33. The Hall–Kier alpha value is -6.25. The van der Waals surface area contributed by atoms with Gasteiger partial charge < -0.3 is 4.74 Å². The summed E-state index contributed by atoms with van der Waals surface area (Å²) in [5, 5.41) is 7.49. The molecule has 2 heterocycles. The van der Waals surface area contributed by atoms with E-state index in [1.54, 1.807) is 0 Å². The van der Waals surface area contributed by atoms with E-state index in [0.29, 0.717) is 0 Å². The first-order valence-electron chi connectivity index (χ1n) is 16.9. The van der Waals surface area contributed by atoms with Gasteiger partial charge in [-0.1, -0.05) is 146 Å². The molecule has 0 amide bonds. The van der Waals surface area contributed by atoms with Gasteiger partial charge in [0.25, 0.3) is 0 Å². The molecule has 0 saturated carbocycles. The normalized spacial score (nSPS) is 16.4. The van der Waals surface area contributed by atoms with Crippen LogP contribution >= 0.6 is 0 Å². The molecule has 2 nitrogen and oxygen atoms in total. The Morgan fingerprint density at radius 2 is 1.12 bits per heavy atom. The lowest BCUT2D eigenvalue weighted by molar-refractivity contribution is 0.269. The molecule has 8 aromatic rings. The first-order chi connectivity index (χ1) is 24.3. The van der Waals surface area contributed by atoms with Crippen LogP contribution in [-0.4, -0.2) is 11.1 Å². The predicted molar refractivity (Wildman–Crippen MR) is 204 cm³/mol. The van der Waals surface area contributed by atoms with E-state index >= 15 is 0 Å². The van der Waals surface area contributed by atoms with Gasteiger partial charge in [0.2, 0.25) is 0 Å². The van der Waals surface area contributed by atoms with Gasteiger partial charge in [-0.05, 0) is 84.9 Å². The number of hydrogen-bond acceptors (Lipinski definition) is 2. The van der Waals surface area contributed by atoms with Crippen molar-refractivity contribution in [2.24, 2.45) is 0 Å². The minimum Gasteiger partial charge on any atom is -0.485 e. The van der Waals surface area contributed by atoms with Gasteiger partial charge in [0.15, 0.2) is 0 Å². The first kappa shape index (κ1) is 27.8. The second-order valence-corrected chi connectivity index (χ2v) is 13.0. The van der Waals surface area contributed by atoms with Crippen molar-refractivity contribution in [3.8, 4) is 39.4 Å². The maximum absolute atomic E-state index is 6.47. The van der Waals surface area contributed by atoms with Crippen molar-refractivity contribution in [1.82, 2.24) is 4.98 Å². The lowest BCUT2D eigenvalue weighted by Crippen LogP contribution is -2.17. The number of pyridine rings is 1. The molecule has 0 saturated heterocycles. The van der Waals surface area contributed by atoms with Crippen LogP contribution in [0.4, 0.5) is 0 Å². The van der Waals surface area contributed by atoms with E-state index < -0.39 is 0 Å². The number of ether oxygens (including phenoxy) is 1. The zero-order chi connectivity index (χ0) is 32.3. The maximum atomic E-state index is 6.47. The van der Waals surface area contributed by atoms with Crippen molar-refractivity contribution < 1.29 is 4.74 Å². The molecule has 2 aliphatic rings. The molecular weight excluding hydrogens is 595 g/mol. The Balaban J connectivity index is 1.20. The number of para-hydroxylation sites is 1. The van der Waals surface area contributed by atoms with Crippen LogP contribution in [0, 0.1) is 0 Å². The highest BCUT2D eigenvalue weighted by atomic mass is 16.5. The second-order valence-electron chi connectivity index (χ2n) is 13.0. The van der Waals surface area contributed by atoms with Gasteiger partial charge in [-0.3, -0.25) is 0 Å². The smallest absolute Gasteiger partial charge is 0.128 e. The molecule has 0 spiro atoms. The number of hydrogen-bond donors (Lipinski definition) is 0. The summed E-state index contributed by atoms with van der Waals surface area (Å²) in [7, 11) is 0. The van der Waals surface area contributed by atoms with Crippen molar-refractivity contribution in [2.45, 2.75) is 12.0 Å². The van der Waals surface area contributed by atoms with Crippen LogP contribution in [0.25, 0.3) is 71.5 Å². The van der Waals surface area contributed by atoms with Crippen LogP contribution in [0.15, 0.2) is 176 Å². The van der Waals surface area contributed by atoms with E-state index in [4.69, 9.17) is 9.72 Å². The van der Waals surface area contributed by atoms with Gasteiger partial charge in [0.1, 0.15) is 11.9 Å². The van der Waals surface area contributed by atoms with Gasteiger partial charge in [-0.15, -0.1) is 0 Å². The van der Waals surface area contributed by atoms with Crippen LogP contribution in [0.1, 0.15) is 17.0 Å². The van der Waals surface area contributed by atoms with Crippen LogP contribution in [0.3, 0.4) is 0 Å². The van der Waals surface area contributed by atoms with Crippen LogP contribution in [0.2, 0.25) is 0 Å². The van der Waals surface area contributed by atoms with Crippen molar-refractivity contribution in [3.63, 3.8) is 0 Å². The molecule has 1 aliphatic carbocycles. The van der Waals surface area contributed by atoms with E-state index in [0.717, 1.165) is 33.8 Å². The third-order valence-electron chi connectivity index (χ3n) is 10.2. The summed E-state index contributed by atoms with van der Waals surface area (Å²) in [6, 6.07) is 56.3. The number of rotatable bonds is 4. The molecule has 2 unspecified atom stereocenters. The molecule has 230 valence electrons. The second kappa shape index (κ2) is 11.2. The fraction of sp³-hybridized carbons (Fsp3) is 0.0426. The molecule has 0 fully saturated rings. The number of aromatic nitrogens is 1. The maximum Gasteiger partial charge on any atom is 0.128 e. The number of benzene rings is 7. The summed E-state index contributed by atoms with van der Waals surface area (Å²) in [5.41, 5.74) is 10.1. The minimum atomic E-state index is -0.0173. The van der Waals surface area contributed by atoms with E-state index in [1.165, 1.54) is 54.6 Å². The molecule has 1 aromatic heterocycles. The fourth-order valence-corrected chi connectivity index (χ4v) is 7.87. The van der Waals surface area contributed by atoms with E-state index in [9.17, 15) is 0 Å². The summed E-state index contributed by atoms with van der Waals surface area (Å²) in [4.78, 5) is 5.28. The van der Waals surface area contributed by atoms with Crippen LogP contribution < -0.4 is 4.74 Å². The molecule has 0 radical (unpaired) electrons. The number of nitrogens with zero attached hydrogens (tertiary/aromatic N) is 1. The van der Waals surface area contributed by atoms with Gasteiger partial charge >= 0.3 is 0 Å². The molecule has 1 aliphatic heterocycles. The number of fused-ring (bicyclic) bond motifs is 9. The van der Waals surface area contributed by atoms with Crippen molar-refractivity contribution in [1.29, 1.82) is 0 Å². The summed E-state index contributed by atoms with van der Waals surface area (Å²) >= 11 is 0. The molecule has 2 heteroatoms. The molecule has 2 atom stereocenters. The SMILES string of the molecule is C1=CC2c3ccccc3OC2C=C1c1cccc2c3ccccc3c3ccc(-c4cc(-c5ccccc5)cc(-c5ccccc5)n4)cc3c12. The van der Waals surface area contributed by atoms with Crippen molar-refractivity contribution >= 4 is 37.9 Å². The molecule has 0 bridgehead atoms. The van der Waals surface area contributed by atoms with E-state index in [-0.39, 0.29) is 12.0 Å². The first-order valence-corrected chi connectivity index (χ1v) is 16.9. The van der Waals surface area contributed by atoms with Gasteiger partial charge in [0, 0.05) is 22.6 Å². The Morgan fingerprint density at radius 1 is 0.469 bits per heavy atom. The standard InChI is InChI=1S/C47H31NO/c1-3-12-30(13-4-1)34-27-43(31-14-5-2-6-15-31)48-44(28-34)33-23-24-38-36-16-7-8-17-37(36)41-20-11-19-35(47(41)42(38)26-33)32-22-25-40-39-18-9-10-21-45(39)49-46(40)29-32/h1-29,40,46H. The zero-order valence-electron chi connectivity index (χ0n) is 26.8. The molecule has 0 N–H and O–H groups in total. The topological polar surface area (TPSA) is 22.1 Å². The fourth-order valence-electron chi connectivity index (χ4n) is 7.87. The summed E-state index contributed by atoms with van der Waals surface area (Å²) < 4.78 is 6.47. The van der Waals surface area contributed by atoms with Gasteiger partial charge in [-0.2, -0.15) is 0 Å². The monoisotopic (exact) mass is 625 g/mol. The van der Waals surface area contributed by atoms with E-state index in [2.05, 4.69) is 176 Å². The average molecular weight is 626 g/mol. The Labute approximate surface area is 285 Å². The van der Waals surface area contributed by atoms with Gasteiger partial charge in [-0.25, -0.2) is 4.98 Å².